The zero-order chi connectivity index (χ0) is 33.0. The molecule has 0 saturated heterocycles. The van der Waals surface area contributed by atoms with Crippen LogP contribution >= 0.6 is 0 Å². The van der Waals surface area contributed by atoms with Crippen LogP contribution in [-0.2, 0) is 16.6 Å². The number of fused-ring (bicyclic) bond motifs is 1. The number of hydrogen-bond acceptors (Lipinski definition) is 5. The number of urea groups is 1. The lowest BCUT2D eigenvalue weighted by molar-refractivity contribution is -0.115. The Bertz CT molecular complexity index is 2050. The van der Waals surface area contributed by atoms with Crippen LogP contribution in [0.4, 0.5) is 22.0 Å². The first kappa shape index (κ1) is 31.0. The van der Waals surface area contributed by atoms with E-state index in [-0.39, 0.29) is 17.7 Å². The molecule has 4 aromatic carbocycles. The van der Waals surface area contributed by atoms with E-state index in [1.54, 1.807) is 23.0 Å². The minimum Gasteiger partial charge on any atom is -0.457 e. The molecule has 0 fully saturated rings. The van der Waals surface area contributed by atoms with Crippen LogP contribution in [0.3, 0.4) is 0 Å². The summed E-state index contributed by atoms with van der Waals surface area (Å²) in [4.78, 5) is 30.3. The van der Waals surface area contributed by atoms with Crippen molar-refractivity contribution in [2.45, 2.75) is 39.5 Å². The molecule has 9 nitrogen and oxygen atoms in total. The van der Waals surface area contributed by atoms with Crippen molar-refractivity contribution in [1.82, 2.24) is 14.8 Å². The largest absolute Gasteiger partial charge is 0.457 e. The van der Waals surface area contributed by atoms with Crippen molar-refractivity contribution >= 4 is 39.9 Å². The van der Waals surface area contributed by atoms with Crippen molar-refractivity contribution in [3.05, 3.63) is 132 Å². The van der Waals surface area contributed by atoms with E-state index in [0.717, 1.165) is 33.4 Å². The van der Waals surface area contributed by atoms with Crippen molar-refractivity contribution in [3.63, 3.8) is 0 Å². The van der Waals surface area contributed by atoms with Gasteiger partial charge in [-0.25, -0.2) is 9.48 Å². The highest BCUT2D eigenvalue weighted by Crippen LogP contribution is 2.35. The molecule has 47 heavy (non-hydrogen) atoms. The van der Waals surface area contributed by atoms with Gasteiger partial charge >= 0.3 is 6.03 Å². The number of nitrogens with zero attached hydrogens (tertiary/aromatic N) is 3. The molecule has 0 saturated carbocycles. The molecule has 236 valence electrons. The number of hydrogen-bond donors (Lipinski definition) is 3. The van der Waals surface area contributed by atoms with Crippen LogP contribution in [0.5, 0.6) is 11.5 Å². The highest BCUT2D eigenvalue weighted by atomic mass is 16.5. The lowest BCUT2D eigenvalue weighted by Crippen LogP contribution is -2.21. The smallest absolute Gasteiger partial charge is 0.324 e. The fraction of sp³-hybridized carbons (Fsp3) is 0.158. The van der Waals surface area contributed by atoms with E-state index >= 15 is 0 Å². The van der Waals surface area contributed by atoms with Gasteiger partial charge in [0.05, 0.1) is 29.2 Å². The minimum absolute atomic E-state index is 0.102. The molecule has 0 atom stereocenters. The molecule has 0 bridgehead atoms. The standard InChI is InChI=1S/C38H36N6O3/c1-25-14-16-28(17-15-25)44-35(24-34(43-44)38(2,3)4)42-37(46)41-32-18-19-33(31-13-9-8-12-30(31)32)47-29-20-21-39-27(22-29)23-36(45)40-26-10-6-5-7-11-26/h5-22,24H,23H2,1-4H3,(H,40,45)(H2,41,42,46). The molecular weight excluding hydrogens is 588 g/mol. The topological polar surface area (TPSA) is 110 Å². The van der Waals surface area contributed by atoms with Crippen molar-refractivity contribution in [2.24, 2.45) is 0 Å². The molecule has 0 spiro atoms. The quantitative estimate of drug-likeness (QED) is 0.157. The van der Waals surface area contributed by atoms with Gasteiger partial charge in [-0.15, -0.1) is 0 Å². The first-order chi connectivity index (χ1) is 22.6. The van der Waals surface area contributed by atoms with Gasteiger partial charge in [-0.3, -0.25) is 15.1 Å². The third-order valence-corrected chi connectivity index (χ3v) is 7.55. The highest BCUT2D eigenvalue weighted by Gasteiger charge is 2.22. The summed E-state index contributed by atoms with van der Waals surface area (Å²) in [7, 11) is 0. The van der Waals surface area contributed by atoms with Crippen LogP contribution in [0.15, 0.2) is 115 Å². The Labute approximate surface area is 273 Å². The second-order valence-electron chi connectivity index (χ2n) is 12.3. The van der Waals surface area contributed by atoms with Crippen molar-refractivity contribution in [2.75, 3.05) is 16.0 Å². The predicted molar refractivity (Wildman–Crippen MR) is 187 cm³/mol. The summed E-state index contributed by atoms with van der Waals surface area (Å²) in [6.45, 7) is 8.29. The molecule has 3 N–H and O–H groups in total. The van der Waals surface area contributed by atoms with E-state index in [9.17, 15) is 9.59 Å². The summed E-state index contributed by atoms with van der Waals surface area (Å²) < 4.78 is 8.04. The Morgan fingerprint density at radius 2 is 1.51 bits per heavy atom. The Balaban J connectivity index is 1.20. The zero-order valence-corrected chi connectivity index (χ0v) is 26.7. The number of carbonyl (C=O) groups excluding carboxylic acids is 2. The number of ether oxygens (including phenoxy) is 1. The summed E-state index contributed by atoms with van der Waals surface area (Å²) >= 11 is 0. The number of aryl methyl sites for hydroxylation is 1. The summed E-state index contributed by atoms with van der Waals surface area (Å²) in [5.74, 6) is 1.54. The fourth-order valence-corrected chi connectivity index (χ4v) is 5.09. The third-order valence-electron chi connectivity index (χ3n) is 7.55. The number of benzene rings is 4. The molecule has 0 aliphatic heterocycles. The Kier molecular flexibility index (Phi) is 8.71. The van der Waals surface area contributed by atoms with Crippen LogP contribution < -0.4 is 20.7 Å². The molecule has 0 aliphatic carbocycles. The summed E-state index contributed by atoms with van der Waals surface area (Å²) in [5, 5.41) is 15.3. The average molecular weight is 625 g/mol. The van der Waals surface area contributed by atoms with E-state index in [1.807, 2.05) is 104 Å². The summed E-state index contributed by atoms with van der Waals surface area (Å²) in [5.41, 5.74) is 4.56. The highest BCUT2D eigenvalue weighted by molar-refractivity contribution is 6.07. The second-order valence-corrected chi connectivity index (χ2v) is 12.3. The van der Waals surface area contributed by atoms with E-state index in [0.29, 0.717) is 28.7 Å². The fourth-order valence-electron chi connectivity index (χ4n) is 5.09. The normalized spacial score (nSPS) is 11.2. The maximum absolute atomic E-state index is 13.4. The Hall–Kier alpha value is -5.96. The van der Waals surface area contributed by atoms with Gasteiger partial charge in [0.1, 0.15) is 17.3 Å². The number of anilines is 3. The average Bonchev–Trinajstić information content (AvgIpc) is 3.47. The molecule has 3 amide bonds. The van der Waals surface area contributed by atoms with E-state index in [4.69, 9.17) is 9.84 Å². The van der Waals surface area contributed by atoms with Gasteiger partial charge in [-0.2, -0.15) is 5.10 Å². The lowest BCUT2D eigenvalue weighted by atomic mass is 9.92. The number of pyridine rings is 1. The minimum atomic E-state index is -0.398. The number of para-hydroxylation sites is 1. The van der Waals surface area contributed by atoms with Crippen LogP contribution in [0.2, 0.25) is 0 Å². The number of carbonyl (C=O) groups is 2. The molecule has 2 aromatic heterocycles. The molecular formula is C38H36N6O3. The van der Waals surface area contributed by atoms with E-state index in [2.05, 4.69) is 41.7 Å². The van der Waals surface area contributed by atoms with Crippen molar-refractivity contribution in [1.29, 1.82) is 0 Å². The summed E-state index contributed by atoms with van der Waals surface area (Å²) in [6.07, 6.45) is 1.72. The number of rotatable bonds is 8. The van der Waals surface area contributed by atoms with Crippen LogP contribution in [0, 0.1) is 6.92 Å². The molecule has 0 radical (unpaired) electrons. The summed E-state index contributed by atoms with van der Waals surface area (Å²) in [6, 6.07) is 33.6. The van der Waals surface area contributed by atoms with Crippen molar-refractivity contribution < 1.29 is 14.3 Å². The molecule has 2 heterocycles. The SMILES string of the molecule is Cc1ccc(-n2nc(C(C)(C)C)cc2NC(=O)Nc2ccc(Oc3ccnc(CC(=O)Nc4ccccc4)c3)c3ccccc23)cc1. The first-order valence-corrected chi connectivity index (χ1v) is 15.4. The van der Waals surface area contributed by atoms with Crippen LogP contribution in [-0.4, -0.2) is 26.7 Å². The van der Waals surface area contributed by atoms with Gasteiger partial charge < -0.3 is 15.4 Å². The van der Waals surface area contributed by atoms with Gasteiger partial charge in [-0.05, 0) is 49.4 Å². The monoisotopic (exact) mass is 624 g/mol. The molecule has 0 unspecified atom stereocenters. The van der Waals surface area contributed by atoms with Crippen LogP contribution in [0.1, 0.15) is 37.7 Å². The van der Waals surface area contributed by atoms with Crippen molar-refractivity contribution in [3.8, 4) is 17.2 Å². The maximum atomic E-state index is 13.4. The Morgan fingerprint density at radius 1 is 0.787 bits per heavy atom. The number of aromatic nitrogens is 3. The third kappa shape index (κ3) is 7.48. The number of amides is 3. The molecule has 9 heteroatoms. The first-order valence-electron chi connectivity index (χ1n) is 15.4. The zero-order valence-electron chi connectivity index (χ0n) is 26.7. The lowest BCUT2D eigenvalue weighted by Gasteiger charge is -2.14. The molecule has 0 aliphatic rings. The van der Waals surface area contributed by atoms with Gasteiger partial charge in [-0.1, -0.05) is 80.9 Å². The van der Waals surface area contributed by atoms with E-state index in [1.165, 1.54) is 0 Å². The number of nitrogens with one attached hydrogen (secondary N) is 3. The van der Waals surface area contributed by atoms with Gasteiger partial charge in [0, 0.05) is 40.2 Å². The van der Waals surface area contributed by atoms with E-state index < -0.39 is 6.03 Å². The maximum Gasteiger partial charge on any atom is 0.324 e. The predicted octanol–water partition coefficient (Wildman–Crippen LogP) is 8.64. The van der Waals surface area contributed by atoms with Crippen LogP contribution in [0.25, 0.3) is 16.5 Å². The Morgan fingerprint density at radius 3 is 2.26 bits per heavy atom. The van der Waals surface area contributed by atoms with Gasteiger partial charge in [0.25, 0.3) is 0 Å². The van der Waals surface area contributed by atoms with Gasteiger partial charge in [0.2, 0.25) is 5.91 Å². The molecule has 6 aromatic rings. The second kappa shape index (κ2) is 13.2. The molecule has 6 rings (SSSR count). The van der Waals surface area contributed by atoms with Gasteiger partial charge in [0.15, 0.2) is 0 Å².